The number of carbonyl (C=O) groups is 1. The van der Waals surface area contributed by atoms with E-state index < -0.39 is 12.1 Å². The molecule has 0 aliphatic heterocycles. The van der Waals surface area contributed by atoms with Gasteiger partial charge in [0.2, 0.25) is 5.82 Å². The monoisotopic (exact) mass is 581 g/mol. The van der Waals surface area contributed by atoms with Crippen LogP contribution in [0.3, 0.4) is 0 Å². The molecule has 5 rings (SSSR count). The molecule has 0 fully saturated rings. The molecule has 0 saturated heterocycles. The van der Waals surface area contributed by atoms with Crippen molar-refractivity contribution in [3.8, 4) is 28.8 Å². The van der Waals surface area contributed by atoms with Gasteiger partial charge in [-0.05, 0) is 68.3 Å². The quantitative estimate of drug-likeness (QED) is 0.110. The van der Waals surface area contributed by atoms with Gasteiger partial charge in [-0.1, -0.05) is 24.3 Å². The molecule has 0 aliphatic rings. The average molecular weight is 582 g/mol. The van der Waals surface area contributed by atoms with Gasteiger partial charge in [0.25, 0.3) is 5.56 Å². The highest BCUT2D eigenvalue weighted by Gasteiger charge is 2.22. The highest BCUT2D eigenvalue weighted by Crippen LogP contribution is 2.35. The number of esters is 1. The molecule has 0 N–H and O–H groups in total. The molecule has 10 nitrogen and oxygen atoms in total. The molecule has 2 aromatic heterocycles. The Morgan fingerprint density at radius 2 is 1.86 bits per heavy atom. The minimum Gasteiger partial charge on any atom is -0.496 e. The maximum Gasteiger partial charge on any atom is 0.347 e. The van der Waals surface area contributed by atoms with E-state index in [-0.39, 0.29) is 18.0 Å². The standard InChI is InChI=1S/C33H31N3O7/c1-6-11-22-16-21(17-28(40-5)30(22)42-20(3)33(38)41-7-2)19-34-36-31(35-25-13-9-8-12-23(25)32(36)37)29-18-24-26(39-4)14-10-15-27(24)43-29/h6,8-10,12-20H,1,7,11H2,2-5H3/t20-/m1/s1. The molecular weight excluding hydrogens is 550 g/mol. The Hall–Kier alpha value is -5.38. The summed E-state index contributed by atoms with van der Waals surface area (Å²) in [5, 5.41) is 5.71. The molecule has 5 aromatic rings. The molecule has 2 heterocycles. The molecule has 0 saturated carbocycles. The number of allylic oxidation sites excluding steroid dienone is 1. The molecule has 220 valence electrons. The van der Waals surface area contributed by atoms with Crippen molar-refractivity contribution in [3.63, 3.8) is 0 Å². The molecule has 10 heteroatoms. The summed E-state index contributed by atoms with van der Waals surface area (Å²) in [6, 6.07) is 17.8. The Labute approximate surface area is 247 Å². The van der Waals surface area contributed by atoms with Gasteiger partial charge in [0, 0.05) is 5.56 Å². The van der Waals surface area contributed by atoms with Crippen molar-refractivity contribution in [2.45, 2.75) is 26.4 Å². The fraction of sp³-hybridized carbons (Fsp3) is 0.212. The number of furan rings is 1. The number of benzene rings is 3. The van der Waals surface area contributed by atoms with Gasteiger partial charge < -0.3 is 23.4 Å². The average Bonchev–Trinajstić information content (AvgIpc) is 3.46. The van der Waals surface area contributed by atoms with Crippen molar-refractivity contribution < 1.29 is 28.2 Å². The molecule has 3 aromatic carbocycles. The maximum absolute atomic E-state index is 13.7. The Kier molecular flexibility index (Phi) is 8.56. The summed E-state index contributed by atoms with van der Waals surface area (Å²) in [6.07, 6.45) is 2.80. The van der Waals surface area contributed by atoms with Crippen molar-refractivity contribution >= 4 is 34.1 Å². The second kappa shape index (κ2) is 12.6. The highest BCUT2D eigenvalue weighted by atomic mass is 16.6. The molecule has 0 bridgehead atoms. The van der Waals surface area contributed by atoms with E-state index in [1.165, 1.54) is 18.0 Å². The van der Waals surface area contributed by atoms with Gasteiger partial charge in [-0.25, -0.2) is 9.78 Å². The fourth-order valence-electron chi connectivity index (χ4n) is 4.67. The second-order valence-corrected chi connectivity index (χ2v) is 9.51. The van der Waals surface area contributed by atoms with E-state index in [1.807, 2.05) is 30.3 Å². The number of para-hydroxylation sites is 1. The second-order valence-electron chi connectivity index (χ2n) is 9.51. The number of hydrogen-bond acceptors (Lipinski definition) is 9. The van der Waals surface area contributed by atoms with Crippen LogP contribution in [0, 0.1) is 0 Å². The molecule has 43 heavy (non-hydrogen) atoms. The van der Waals surface area contributed by atoms with Gasteiger partial charge in [0.1, 0.15) is 11.3 Å². The predicted molar refractivity (Wildman–Crippen MR) is 164 cm³/mol. The predicted octanol–water partition coefficient (Wildman–Crippen LogP) is 5.77. The molecule has 0 unspecified atom stereocenters. The topological polar surface area (TPSA) is 114 Å². The number of carbonyl (C=O) groups excluding carboxylic acids is 1. The van der Waals surface area contributed by atoms with E-state index >= 15 is 0 Å². The Morgan fingerprint density at radius 3 is 2.60 bits per heavy atom. The molecule has 0 spiro atoms. The van der Waals surface area contributed by atoms with Crippen LogP contribution >= 0.6 is 0 Å². The lowest BCUT2D eigenvalue weighted by molar-refractivity contribution is -0.150. The van der Waals surface area contributed by atoms with Gasteiger partial charge in [0.15, 0.2) is 23.4 Å². The summed E-state index contributed by atoms with van der Waals surface area (Å²) in [5.41, 5.74) is 2.04. The lowest BCUT2D eigenvalue weighted by Crippen LogP contribution is -2.26. The van der Waals surface area contributed by atoms with Crippen LogP contribution in [0.5, 0.6) is 17.2 Å². The molecular formula is C33H31N3O7. The minimum atomic E-state index is -0.857. The Balaban J connectivity index is 1.62. The smallest absolute Gasteiger partial charge is 0.347 e. The van der Waals surface area contributed by atoms with Gasteiger partial charge in [-0.3, -0.25) is 4.79 Å². The summed E-state index contributed by atoms with van der Waals surface area (Å²) >= 11 is 0. The van der Waals surface area contributed by atoms with Gasteiger partial charge in [0.05, 0.1) is 43.3 Å². The van der Waals surface area contributed by atoms with Crippen molar-refractivity contribution in [3.05, 3.63) is 94.8 Å². The number of ether oxygens (including phenoxy) is 4. The molecule has 0 aliphatic carbocycles. The number of nitrogens with zero attached hydrogens (tertiary/aromatic N) is 3. The van der Waals surface area contributed by atoms with E-state index in [0.29, 0.717) is 57.0 Å². The largest absolute Gasteiger partial charge is 0.496 e. The summed E-state index contributed by atoms with van der Waals surface area (Å²) < 4.78 is 29.5. The van der Waals surface area contributed by atoms with Gasteiger partial charge >= 0.3 is 5.97 Å². The third-order valence-electron chi connectivity index (χ3n) is 6.69. The first-order valence-corrected chi connectivity index (χ1v) is 13.7. The van der Waals surface area contributed by atoms with E-state index in [0.717, 1.165) is 5.39 Å². The van der Waals surface area contributed by atoms with Crippen LogP contribution in [-0.4, -0.2) is 48.8 Å². The van der Waals surface area contributed by atoms with E-state index in [2.05, 4.69) is 11.7 Å². The third-order valence-corrected chi connectivity index (χ3v) is 6.69. The van der Waals surface area contributed by atoms with Crippen molar-refractivity contribution in [2.24, 2.45) is 5.10 Å². The van der Waals surface area contributed by atoms with Gasteiger partial charge in [-0.2, -0.15) is 9.78 Å². The van der Waals surface area contributed by atoms with Crippen LogP contribution < -0.4 is 19.8 Å². The minimum absolute atomic E-state index is 0.222. The van der Waals surface area contributed by atoms with Crippen LogP contribution in [-0.2, 0) is 16.0 Å². The van der Waals surface area contributed by atoms with E-state index in [4.69, 9.17) is 28.3 Å². The summed E-state index contributed by atoms with van der Waals surface area (Å²) in [6.45, 7) is 7.42. The Morgan fingerprint density at radius 1 is 1.07 bits per heavy atom. The van der Waals surface area contributed by atoms with Crippen LogP contribution in [0.4, 0.5) is 0 Å². The third kappa shape index (κ3) is 5.85. The summed E-state index contributed by atoms with van der Waals surface area (Å²) in [4.78, 5) is 30.7. The number of methoxy groups -OCH3 is 2. The SMILES string of the molecule is C=CCc1cc(C=Nn2c(-c3cc4c(OC)cccc4o3)nc3ccccc3c2=O)cc(OC)c1O[C@H](C)C(=O)OCC. The lowest BCUT2D eigenvalue weighted by atomic mass is 10.1. The highest BCUT2D eigenvalue weighted by molar-refractivity contribution is 5.89. The molecule has 0 radical (unpaired) electrons. The maximum atomic E-state index is 13.7. The zero-order chi connectivity index (χ0) is 30.5. The van der Waals surface area contributed by atoms with Crippen LogP contribution in [0.1, 0.15) is 25.0 Å². The first kappa shape index (κ1) is 29.1. The van der Waals surface area contributed by atoms with Crippen LogP contribution in [0.25, 0.3) is 33.5 Å². The summed E-state index contributed by atoms with van der Waals surface area (Å²) in [5.74, 6) is 1.48. The lowest BCUT2D eigenvalue weighted by Gasteiger charge is -2.19. The van der Waals surface area contributed by atoms with Crippen molar-refractivity contribution in [1.82, 2.24) is 9.66 Å². The van der Waals surface area contributed by atoms with E-state index in [1.54, 1.807) is 57.4 Å². The summed E-state index contributed by atoms with van der Waals surface area (Å²) in [7, 11) is 3.08. The Bertz CT molecular complexity index is 1900. The van der Waals surface area contributed by atoms with Gasteiger partial charge in [-0.15, -0.1) is 6.58 Å². The van der Waals surface area contributed by atoms with Crippen LogP contribution in [0.2, 0.25) is 0 Å². The zero-order valence-electron chi connectivity index (χ0n) is 24.3. The zero-order valence-corrected chi connectivity index (χ0v) is 24.3. The molecule has 0 amide bonds. The first-order chi connectivity index (χ1) is 20.9. The fourth-order valence-corrected chi connectivity index (χ4v) is 4.67. The van der Waals surface area contributed by atoms with Crippen LogP contribution in [0.15, 0.2) is 87.6 Å². The first-order valence-electron chi connectivity index (χ1n) is 13.7. The van der Waals surface area contributed by atoms with Crippen molar-refractivity contribution in [2.75, 3.05) is 20.8 Å². The number of hydrogen-bond donors (Lipinski definition) is 0. The number of aromatic nitrogens is 2. The van der Waals surface area contributed by atoms with E-state index in [9.17, 15) is 9.59 Å². The van der Waals surface area contributed by atoms with Crippen molar-refractivity contribution in [1.29, 1.82) is 0 Å². The number of rotatable bonds is 11. The normalized spacial score (nSPS) is 12.0. The molecule has 1 atom stereocenters. The number of fused-ring (bicyclic) bond motifs is 2.